The van der Waals surface area contributed by atoms with Crippen molar-refractivity contribution in [2.24, 2.45) is 0 Å². The predicted molar refractivity (Wildman–Crippen MR) is 146 cm³/mol. The second kappa shape index (κ2) is 11.4. The van der Waals surface area contributed by atoms with Gasteiger partial charge in [-0.15, -0.1) is 5.10 Å². The van der Waals surface area contributed by atoms with E-state index >= 15 is 0 Å². The number of urea groups is 1. The lowest BCUT2D eigenvalue weighted by Crippen LogP contribution is -2.56. The van der Waals surface area contributed by atoms with Crippen LogP contribution in [0, 0.1) is 0 Å². The van der Waals surface area contributed by atoms with Crippen molar-refractivity contribution in [1.82, 2.24) is 35.1 Å². The van der Waals surface area contributed by atoms with Crippen molar-refractivity contribution in [1.29, 1.82) is 0 Å². The molecule has 206 valence electrons. The number of aliphatic hydroxyl groups is 1. The summed E-state index contributed by atoms with van der Waals surface area (Å²) in [6, 6.07) is 2.23. The fourth-order valence-corrected chi connectivity index (χ4v) is 6.93. The first-order valence-corrected chi connectivity index (χ1v) is 15.4. The molecular weight excluding hydrogens is 574 g/mol. The van der Waals surface area contributed by atoms with Gasteiger partial charge in [-0.1, -0.05) is 18.1 Å². The van der Waals surface area contributed by atoms with E-state index in [-0.39, 0.29) is 29.8 Å². The van der Waals surface area contributed by atoms with Gasteiger partial charge in [0.2, 0.25) is 0 Å². The molecule has 4 heterocycles. The SMILES string of the molecule is CSCCC(=O)CCc1cn(CCCCCCN2C(=O)N[C@H]3[C@@H]4NC(=O)c5ccc(Br)n5[C@@H]4C[C@]32O)nn1. The number of Topliss-reactive ketones (excluding diaryl/α,β-unsaturated/α-hetero) is 1. The first kappa shape index (κ1) is 27.2. The zero-order valence-corrected chi connectivity index (χ0v) is 23.8. The number of carbonyl (C=O) groups excluding carboxylic acids is 3. The molecule has 1 saturated heterocycles. The number of aromatic nitrogens is 4. The highest BCUT2D eigenvalue weighted by atomic mass is 79.9. The van der Waals surface area contributed by atoms with E-state index in [4.69, 9.17) is 0 Å². The van der Waals surface area contributed by atoms with Crippen molar-refractivity contribution in [3.63, 3.8) is 0 Å². The van der Waals surface area contributed by atoms with Crippen LogP contribution in [0.3, 0.4) is 0 Å². The molecule has 0 bridgehead atoms. The largest absolute Gasteiger partial charge is 0.368 e. The lowest BCUT2D eigenvalue weighted by Gasteiger charge is -2.32. The Morgan fingerprint density at radius 2 is 1.97 bits per heavy atom. The Kier molecular flexibility index (Phi) is 8.15. The predicted octanol–water partition coefficient (Wildman–Crippen LogP) is 2.50. The molecule has 4 atom stereocenters. The summed E-state index contributed by atoms with van der Waals surface area (Å²) in [5, 5.41) is 25.9. The standard InChI is InChI=1S/C25H34BrN7O4S/c1-38-13-10-17(34)7-6-16-15-31(30-29-16)11-4-2-3-5-12-32-24(36)28-22-21-19(14-25(22,32)37)33-18(23(35)27-21)8-9-20(33)26/h8-9,15,19,21-22,37H,2-7,10-14H2,1H3,(H,27,35)(H,28,36)/t19-,21-,22+,25+/m1/s1. The third kappa shape index (κ3) is 5.24. The number of nitrogens with zero attached hydrogens (tertiary/aromatic N) is 5. The maximum atomic E-state index is 12.8. The van der Waals surface area contributed by atoms with E-state index < -0.39 is 11.8 Å². The molecule has 0 unspecified atom stereocenters. The fraction of sp³-hybridized carbons (Fsp3) is 0.640. The summed E-state index contributed by atoms with van der Waals surface area (Å²) in [5.41, 5.74) is 0.0512. The van der Waals surface area contributed by atoms with Crippen LogP contribution < -0.4 is 10.6 Å². The molecule has 1 saturated carbocycles. The number of rotatable bonds is 13. The number of unbranched alkanes of at least 4 members (excludes halogenated alkanes) is 3. The van der Waals surface area contributed by atoms with Crippen LogP contribution in [0.25, 0.3) is 0 Å². The molecule has 3 aliphatic rings. The number of halogens is 1. The second-order valence-electron chi connectivity index (χ2n) is 10.3. The molecule has 11 nitrogen and oxygen atoms in total. The first-order valence-electron chi connectivity index (χ1n) is 13.2. The van der Waals surface area contributed by atoms with E-state index in [1.54, 1.807) is 22.7 Å². The zero-order chi connectivity index (χ0) is 26.9. The van der Waals surface area contributed by atoms with Crippen molar-refractivity contribution in [3.05, 3.63) is 34.3 Å². The van der Waals surface area contributed by atoms with E-state index in [2.05, 4.69) is 36.9 Å². The van der Waals surface area contributed by atoms with Crippen LogP contribution in [-0.2, 0) is 17.8 Å². The molecule has 2 fully saturated rings. The smallest absolute Gasteiger partial charge is 0.320 e. The van der Waals surface area contributed by atoms with Crippen LogP contribution >= 0.6 is 27.7 Å². The molecule has 1 aliphatic carbocycles. The normalized spacial score (nSPS) is 25.7. The van der Waals surface area contributed by atoms with Gasteiger partial charge in [-0.3, -0.25) is 19.2 Å². The third-order valence-corrected chi connectivity index (χ3v) is 9.11. The Morgan fingerprint density at radius 3 is 2.76 bits per heavy atom. The summed E-state index contributed by atoms with van der Waals surface area (Å²) < 4.78 is 4.53. The van der Waals surface area contributed by atoms with E-state index in [1.165, 1.54) is 0 Å². The van der Waals surface area contributed by atoms with Crippen LogP contribution in [0.15, 0.2) is 22.9 Å². The number of amides is 3. The van der Waals surface area contributed by atoms with Crippen molar-refractivity contribution in [3.8, 4) is 0 Å². The average molecular weight is 609 g/mol. The fourth-order valence-electron chi connectivity index (χ4n) is 5.91. The topological polar surface area (TPSA) is 134 Å². The highest BCUT2D eigenvalue weighted by Gasteiger charge is 2.64. The molecule has 3 N–H and O–H groups in total. The van der Waals surface area contributed by atoms with Gasteiger partial charge in [0, 0.05) is 38.5 Å². The third-order valence-electron chi connectivity index (χ3n) is 7.85. The first-order chi connectivity index (χ1) is 18.3. The van der Waals surface area contributed by atoms with Crippen LogP contribution in [0.5, 0.6) is 0 Å². The van der Waals surface area contributed by atoms with Crippen molar-refractivity contribution >= 4 is 45.4 Å². The van der Waals surface area contributed by atoms with Gasteiger partial charge < -0.3 is 20.3 Å². The maximum Gasteiger partial charge on any atom is 0.320 e. The Balaban J connectivity index is 1.06. The van der Waals surface area contributed by atoms with Gasteiger partial charge in [-0.2, -0.15) is 11.8 Å². The average Bonchev–Trinajstić information content (AvgIpc) is 3.62. The Bertz CT molecular complexity index is 1200. The quantitative estimate of drug-likeness (QED) is 0.298. The molecule has 2 aliphatic heterocycles. The number of ketones is 1. The monoisotopic (exact) mass is 607 g/mol. The Hall–Kier alpha value is -2.38. The Labute approximate surface area is 234 Å². The van der Waals surface area contributed by atoms with Gasteiger partial charge in [-0.25, -0.2) is 4.79 Å². The summed E-state index contributed by atoms with van der Waals surface area (Å²) in [6.45, 7) is 1.20. The number of hydrogen-bond donors (Lipinski definition) is 3. The van der Waals surface area contributed by atoms with Gasteiger partial charge in [-0.05, 0) is 59.3 Å². The summed E-state index contributed by atoms with van der Waals surface area (Å²) >= 11 is 5.20. The van der Waals surface area contributed by atoms with E-state index in [0.29, 0.717) is 37.9 Å². The van der Waals surface area contributed by atoms with Crippen LogP contribution in [-0.4, -0.2) is 83.7 Å². The van der Waals surface area contributed by atoms with E-state index in [1.807, 2.05) is 27.8 Å². The highest BCUT2D eigenvalue weighted by molar-refractivity contribution is 9.10. The minimum atomic E-state index is -1.35. The van der Waals surface area contributed by atoms with Crippen LogP contribution in [0.2, 0.25) is 0 Å². The summed E-state index contributed by atoms with van der Waals surface area (Å²) in [4.78, 5) is 38.7. The van der Waals surface area contributed by atoms with Crippen LogP contribution in [0.1, 0.15) is 67.2 Å². The number of hydrogen-bond acceptors (Lipinski definition) is 7. The maximum absolute atomic E-state index is 12.8. The molecule has 2 aromatic rings. The molecular formula is C25H34BrN7O4S. The van der Waals surface area contributed by atoms with Gasteiger partial charge in [0.05, 0.1) is 22.4 Å². The van der Waals surface area contributed by atoms with Gasteiger partial charge in [0.1, 0.15) is 17.5 Å². The number of aryl methyl sites for hydroxylation is 2. The van der Waals surface area contributed by atoms with Gasteiger partial charge in [0.25, 0.3) is 5.91 Å². The number of fused-ring (bicyclic) bond motifs is 5. The lowest BCUT2D eigenvalue weighted by molar-refractivity contribution is -0.118. The van der Waals surface area contributed by atoms with Crippen molar-refractivity contribution in [2.75, 3.05) is 18.6 Å². The second-order valence-corrected chi connectivity index (χ2v) is 12.1. The molecule has 0 radical (unpaired) electrons. The van der Waals surface area contributed by atoms with Gasteiger partial charge >= 0.3 is 6.03 Å². The van der Waals surface area contributed by atoms with Crippen molar-refractivity contribution < 1.29 is 19.5 Å². The van der Waals surface area contributed by atoms with Gasteiger partial charge in [0.15, 0.2) is 5.72 Å². The lowest BCUT2D eigenvalue weighted by atomic mass is 10.0. The molecule has 5 rings (SSSR count). The molecule has 0 aromatic carbocycles. The summed E-state index contributed by atoms with van der Waals surface area (Å²) in [5.74, 6) is 0.924. The Morgan fingerprint density at radius 1 is 1.18 bits per heavy atom. The molecule has 38 heavy (non-hydrogen) atoms. The minimum absolute atomic E-state index is 0.147. The van der Waals surface area contributed by atoms with E-state index in [9.17, 15) is 19.5 Å². The molecule has 0 spiro atoms. The summed E-state index contributed by atoms with van der Waals surface area (Å²) in [6.07, 6.45) is 9.57. The zero-order valence-electron chi connectivity index (χ0n) is 21.4. The van der Waals surface area contributed by atoms with Crippen LogP contribution in [0.4, 0.5) is 4.79 Å². The molecule has 13 heteroatoms. The van der Waals surface area contributed by atoms with E-state index in [0.717, 1.165) is 48.3 Å². The molecule has 3 amide bonds. The van der Waals surface area contributed by atoms with Crippen molar-refractivity contribution in [2.45, 2.75) is 81.8 Å². The highest BCUT2D eigenvalue weighted by Crippen LogP contribution is 2.47. The number of thioether (sulfide) groups is 1. The number of nitrogens with one attached hydrogen (secondary N) is 2. The minimum Gasteiger partial charge on any atom is -0.368 e. The number of carbonyl (C=O) groups is 3. The molecule has 2 aromatic heterocycles. The summed E-state index contributed by atoms with van der Waals surface area (Å²) in [7, 11) is 0.